The second-order valence-corrected chi connectivity index (χ2v) is 5.85. The molecular formula is C8H16N2O3S. The molecule has 0 aromatic heterocycles. The second kappa shape index (κ2) is 4.27. The molecule has 0 saturated carbocycles. The third kappa shape index (κ3) is 2.95. The summed E-state index contributed by atoms with van der Waals surface area (Å²) in [6.45, 7) is 1.82. The lowest BCUT2D eigenvalue weighted by Gasteiger charge is -2.14. The van der Waals surface area contributed by atoms with E-state index >= 15 is 0 Å². The van der Waals surface area contributed by atoms with Crippen molar-refractivity contribution in [2.45, 2.75) is 31.8 Å². The van der Waals surface area contributed by atoms with E-state index in [0.717, 1.165) is 0 Å². The first-order valence-corrected chi connectivity index (χ1v) is 6.53. The zero-order chi connectivity index (χ0) is 10.8. The highest BCUT2D eigenvalue weighted by Crippen LogP contribution is 2.11. The van der Waals surface area contributed by atoms with E-state index < -0.39 is 15.9 Å². The molecule has 0 aromatic rings. The number of nitrogens with one attached hydrogen (secondary N) is 1. The first kappa shape index (κ1) is 11.5. The molecule has 0 radical (unpaired) electrons. The fraction of sp³-hybridized carbons (Fsp3) is 0.875. The van der Waals surface area contributed by atoms with Crippen molar-refractivity contribution >= 4 is 15.7 Å². The van der Waals surface area contributed by atoms with Gasteiger partial charge in [-0.1, -0.05) is 6.92 Å². The molecule has 5 nitrogen and oxygen atoms in total. The third-order valence-electron chi connectivity index (χ3n) is 2.36. The van der Waals surface area contributed by atoms with Crippen LogP contribution in [0.15, 0.2) is 0 Å². The molecule has 6 heteroatoms. The number of amides is 1. The van der Waals surface area contributed by atoms with Crippen molar-refractivity contribution in [2.24, 2.45) is 5.73 Å². The molecule has 0 spiro atoms. The van der Waals surface area contributed by atoms with Crippen molar-refractivity contribution in [3.8, 4) is 0 Å². The fourth-order valence-electron chi connectivity index (χ4n) is 1.40. The Kier molecular flexibility index (Phi) is 3.49. The molecule has 1 rings (SSSR count). The van der Waals surface area contributed by atoms with Gasteiger partial charge in [-0.25, -0.2) is 8.42 Å². The van der Waals surface area contributed by atoms with E-state index in [9.17, 15) is 13.2 Å². The van der Waals surface area contributed by atoms with E-state index in [1.807, 2.05) is 6.92 Å². The van der Waals surface area contributed by atoms with Crippen molar-refractivity contribution in [2.75, 3.05) is 11.5 Å². The van der Waals surface area contributed by atoms with Gasteiger partial charge >= 0.3 is 0 Å². The smallest absolute Gasteiger partial charge is 0.237 e. The SMILES string of the molecule is CC[C@@H](N)C(=O)NC1CCS(=O)(=O)C1. The summed E-state index contributed by atoms with van der Waals surface area (Å²) in [6, 6.07) is -0.775. The van der Waals surface area contributed by atoms with Gasteiger partial charge in [0.2, 0.25) is 5.91 Å². The molecule has 0 bridgehead atoms. The predicted molar refractivity (Wildman–Crippen MR) is 53.5 cm³/mol. The van der Waals surface area contributed by atoms with Crippen LogP contribution in [-0.2, 0) is 14.6 Å². The molecule has 2 atom stereocenters. The van der Waals surface area contributed by atoms with Crippen LogP contribution < -0.4 is 11.1 Å². The molecule has 3 N–H and O–H groups in total. The molecule has 1 fully saturated rings. The van der Waals surface area contributed by atoms with Crippen LogP contribution >= 0.6 is 0 Å². The summed E-state index contributed by atoms with van der Waals surface area (Å²) in [7, 11) is -2.93. The van der Waals surface area contributed by atoms with Gasteiger partial charge in [-0.3, -0.25) is 4.79 Å². The number of nitrogens with two attached hydrogens (primary N) is 1. The third-order valence-corrected chi connectivity index (χ3v) is 4.12. The van der Waals surface area contributed by atoms with Crippen LogP contribution in [0.3, 0.4) is 0 Å². The van der Waals surface area contributed by atoms with E-state index in [-0.39, 0.29) is 23.5 Å². The standard InChI is InChI=1S/C8H16N2O3S/c1-2-7(9)8(11)10-6-3-4-14(12,13)5-6/h6-7H,2-5,9H2,1H3,(H,10,11)/t6?,7-/m1/s1. The van der Waals surface area contributed by atoms with Gasteiger partial charge < -0.3 is 11.1 Å². The maximum absolute atomic E-state index is 11.3. The van der Waals surface area contributed by atoms with Crippen molar-refractivity contribution in [3.63, 3.8) is 0 Å². The first-order valence-electron chi connectivity index (χ1n) is 4.71. The van der Waals surface area contributed by atoms with E-state index in [1.165, 1.54) is 0 Å². The number of sulfone groups is 1. The topological polar surface area (TPSA) is 89.3 Å². The Bertz CT molecular complexity index is 313. The molecule has 1 aliphatic heterocycles. The molecule has 1 unspecified atom stereocenters. The van der Waals surface area contributed by atoms with Crippen LogP contribution in [0.1, 0.15) is 19.8 Å². The van der Waals surface area contributed by atoms with Gasteiger partial charge in [0.1, 0.15) is 0 Å². The van der Waals surface area contributed by atoms with Crippen LogP contribution in [0.5, 0.6) is 0 Å². The number of rotatable bonds is 3. The van der Waals surface area contributed by atoms with Crippen LogP contribution in [0.4, 0.5) is 0 Å². The molecule has 82 valence electrons. The first-order chi connectivity index (χ1) is 6.44. The lowest BCUT2D eigenvalue weighted by atomic mass is 10.2. The summed E-state index contributed by atoms with van der Waals surface area (Å²) >= 11 is 0. The number of hydrogen-bond acceptors (Lipinski definition) is 4. The van der Waals surface area contributed by atoms with Crippen LogP contribution in [0.25, 0.3) is 0 Å². The monoisotopic (exact) mass is 220 g/mol. The summed E-state index contributed by atoms with van der Waals surface area (Å²) in [6.07, 6.45) is 1.07. The average Bonchev–Trinajstić information content (AvgIpc) is 2.44. The highest BCUT2D eigenvalue weighted by atomic mass is 32.2. The quantitative estimate of drug-likeness (QED) is 0.640. The molecule has 1 saturated heterocycles. The Morgan fingerprint density at radius 1 is 1.64 bits per heavy atom. The van der Waals surface area contributed by atoms with E-state index in [4.69, 9.17) is 5.73 Å². The van der Waals surface area contributed by atoms with Crippen LogP contribution in [-0.4, -0.2) is 37.9 Å². The number of hydrogen-bond donors (Lipinski definition) is 2. The summed E-state index contributed by atoms with van der Waals surface area (Å²) in [5.41, 5.74) is 5.50. The summed E-state index contributed by atoms with van der Waals surface area (Å²) in [4.78, 5) is 11.3. The Morgan fingerprint density at radius 3 is 2.71 bits per heavy atom. The second-order valence-electron chi connectivity index (χ2n) is 3.62. The maximum atomic E-state index is 11.3. The minimum atomic E-state index is -2.93. The van der Waals surface area contributed by atoms with Gasteiger partial charge in [0.25, 0.3) is 0 Å². The Morgan fingerprint density at radius 2 is 2.29 bits per heavy atom. The highest BCUT2D eigenvalue weighted by molar-refractivity contribution is 7.91. The summed E-state index contributed by atoms with van der Waals surface area (Å²) < 4.78 is 22.2. The largest absolute Gasteiger partial charge is 0.351 e. The molecule has 1 heterocycles. The van der Waals surface area contributed by atoms with E-state index in [0.29, 0.717) is 12.8 Å². The van der Waals surface area contributed by atoms with Crippen molar-refractivity contribution in [1.82, 2.24) is 5.32 Å². The Balaban J connectivity index is 2.44. The number of carbonyl (C=O) groups is 1. The minimum absolute atomic E-state index is 0.0508. The van der Waals surface area contributed by atoms with Gasteiger partial charge in [0.05, 0.1) is 17.5 Å². The Hall–Kier alpha value is -0.620. The van der Waals surface area contributed by atoms with Crippen molar-refractivity contribution in [3.05, 3.63) is 0 Å². The zero-order valence-corrected chi connectivity index (χ0v) is 9.01. The fourth-order valence-corrected chi connectivity index (χ4v) is 3.08. The van der Waals surface area contributed by atoms with Gasteiger partial charge in [0, 0.05) is 6.04 Å². The van der Waals surface area contributed by atoms with Crippen LogP contribution in [0.2, 0.25) is 0 Å². The molecule has 0 aromatic carbocycles. The predicted octanol–water partition coefficient (Wildman–Crippen LogP) is -0.973. The van der Waals surface area contributed by atoms with Crippen molar-refractivity contribution < 1.29 is 13.2 Å². The molecular weight excluding hydrogens is 204 g/mol. The lowest BCUT2D eigenvalue weighted by Crippen LogP contribution is -2.45. The molecule has 1 amide bonds. The van der Waals surface area contributed by atoms with Crippen LogP contribution in [0, 0.1) is 0 Å². The van der Waals surface area contributed by atoms with Crippen molar-refractivity contribution in [1.29, 1.82) is 0 Å². The van der Waals surface area contributed by atoms with Gasteiger partial charge in [-0.05, 0) is 12.8 Å². The maximum Gasteiger partial charge on any atom is 0.237 e. The van der Waals surface area contributed by atoms with Gasteiger partial charge in [-0.2, -0.15) is 0 Å². The van der Waals surface area contributed by atoms with E-state index in [2.05, 4.69) is 5.32 Å². The minimum Gasteiger partial charge on any atom is -0.351 e. The van der Waals surface area contributed by atoms with E-state index in [1.54, 1.807) is 0 Å². The van der Waals surface area contributed by atoms with Gasteiger partial charge in [-0.15, -0.1) is 0 Å². The normalized spacial score (nSPS) is 27.1. The lowest BCUT2D eigenvalue weighted by molar-refractivity contribution is -0.122. The molecule has 14 heavy (non-hydrogen) atoms. The summed E-state index contributed by atoms with van der Waals surface area (Å²) in [5.74, 6) is -0.0382. The summed E-state index contributed by atoms with van der Waals surface area (Å²) in [5, 5.41) is 2.64. The average molecular weight is 220 g/mol. The number of carbonyl (C=O) groups excluding carboxylic acids is 1. The molecule has 1 aliphatic rings. The van der Waals surface area contributed by atoms with Gasteiger partial charge in [0.15, 0.2) is 9.84 Å². The highest BCUT2D eigenvalue weighted by Gasteiger charge is 2.29. The zero-order valence-electron chi connectivity index (χ0n) is 8.19. The molecule has 0 aliphatic carbocycles. The Labute approximate surface area is 84.0 Å².